The van der Waals surface area contributed by atoms with Crippen LogP contribution in [-0.4, -0.2) is 24.6 Å². The van der Waals surface area contributed by atoms with Crippen LogP contribution >= 0.6 is 0 Å². The van der Waals surface area contributed by atoms with E-state index < -0.39 is 17.3 Å². The number of hydrogen-bond donors (Lipinski definition) is 1. The van der Waals surface area contributed by atoms with Gasteiger partial charge in [0.15, 0.2) is 11.2 Å². The van der Waals surface area contributed by atoms with Gasteiger partial charge in [0.2, 0.25) is 5.91 Å². The van der Waals surface area contributed by atoms with Crippen molar-refractivity contribution in [1.82, 2.24) is 18.7 Å². The molecule has 2 aromatic heterocycles. The average molecular weight is 341 g/mol. The minimum Gasteiger partial charge on any atom is -0.324 e. The first-order valence-corrected chi connectivity index (χ1v) is 7.81. The van der Waals surface area contributed by atoms with Crippen LogP contribution in [0, 0.1) is 6.92 Å². The summed E-state index contributed by atoms with van der Waals surface area (Å²) in [7, 11) is 2.94. The fraction of sp³-hybridized carbons (Fsp3) is 0.294. The monoisotopic (exact) mass is 341 g/mol. The number of rotatable bonds is 3. The minimum atomic E-state index is -0.670. The first kappa shape index (κ1) is 16.7. The predicted octanol–water partition coefficient (Wildman–Crippen LogP) is 0.942. The molecule has 1 aromatic carbocycles. The van der Waals surface area contributed by atoms with Crippen molar-refractivity contribution in [2.24, 2.45) is 14.1 Å². The largest absolute Gasteiger partial charge is 0.332 e. The van der Waals surface area contributed by atoms with E-state index in [4.69, 9.17) is 0 Å². The van der Waals surface area contributed by atoms with Crippen molar-refractivity contribution in [2.45, 2.75) is 19.9 Å². The van der Waals surface area contributed by atoms with Gasteiger partial charge in [0.05, 0.1) is 6.33 Å². The maximum Gasteiger partial charge on any atom is 0.332 e. The second kappa shape index (κ2) is 6.04. The molecule has 0 saturated carbocycles. The topological polar surface area (TPSA) is 90.9 Å². The number of carbonyl (C=O) groups is 1. The van der Waals surface area contributed by atoms with E-state index in [-0.39, 0.29) is 17.1 Å². The Labute approximate surface area is 143 Å². The molecule has 0 spiro atoms. The Morgan fingerprint density at radius 3 is 2.40 bits per heavy atom. The molecule has 0 bridgehead atoms. The van der Waals surface area contributed by atoms with Gasteiger partial charge in [0.1, 0.15) is 6.04 Å². The smallest absolute Gasteiger partial charge is 0.324 e. The summed E-state index contributed by atoms with van der Waals surface area (Å²) in [5, 5.41) is 2.82. The van der Waals surface area contributed by atoms with E-state index in [2.05, 4.69) is 10.3 Å². The first-order chi connectivity index (χ1) is 11.8. The number of imidazole rings is 1. The molecular weight excluding hydrogens is 322 g/mol. The van der Waals surface area contributed by atoms with E-state index >= 15 is 0 Å². The third-order valence-electron chi connectivity index (χ3n) is 4.29. The van der Waals surface area contributed by atoms with Gasteiger partial charge in [0.25, 0.3) is 5.56 Å². The number of fused-ring (bicyclic) bond motifs is 1. The molecule has 1 N–H and O–H groups in total. The highest BCUT2D eigenvalue weighted by Crippen LogP contribution is 2.16. The second-order valence-corrected chi connectivity index (χ2v) is 6.06. The highest BCUT2D eigenvalue weighted by Gasteiger charge is 2.21. The fourth-order valence-electron chi connectivity index (χ4n) is 2.67. The molecule has 0 aliphatic rings. The Morgan fingerprint density at radius 1 is 1.12 bits per heavy atom. The fourth-order valence-corrected chi connectivity index (χ4v) is 2.67. The predicted molar refractivity (Wildman–Crippen MR) is 94.7 cm³/mol. The standard InChI is InChI=1S/C17H19N5O3/c1-10-5-7-12(8-6-10)19-15(23)11(2)22-9-18-14-13(22)16(24)21(4)17(25)20(14)3/h5-9,11H,1-4H3,(H,19,23). The molecule has 0 aliphatic heterocycles. The summed E-state index contributed by atoms with van der Waals surface area (Å²) >= 11 is 0. The highest BCUT2D eigenvalue weighted by molar-refractivity contribution is 5.94. The molecule has 1 amide bonds. The summed E-state index contributed by atoms with van der Waals surface area (Å²) in [6, 6.07) is 6.76. The Hall–Kier alpha value is -3.16. The Balaban J connectivity index is 2.01. The summed E-state index contributed by atoms with van der Waals surface area (Å²) < 4.78 is 3.78. The Kier molecular flexibility index (Phi) is 4.03. The van der Waals surface area contributed by atoms with Gasteiger partial charge in [-0.3, -0.25) is 18.7 Å². The van der Waals surface area contributed by atoms with E-state index in [1.54, 1.807) is 14.0 Å². The van der Waals surface area contributed by atoms with Crippen molar-refractivity contribution >= 4 is 22.8 Å². The second-order valence-electron chi connectivity index (χ2n) is 6.06. The molecule has 25 heavy (non-hydrogen) atoms. The number of benzene rings is 1. The van der Waals surface area contributed by atoms with Gasteiger partial charge in [-0.2, -0.15) is 0 Å². The summed E-state index contributed by atoms with van der Waals surface area (Å²) in [4.78, 5) is 41.1. The number of aryl methyl sites for hydroxylation is 2. The SMILES string of the molecule is Cc1ccc(NC(=O)C(C)n2cnc3c2c(=O)n(C)c(=O)n3C)cc1. The molecule has 130 valence electrons. The lowest BCUT2D eigenvalue weighted by molar-refractivity contribution is -0.118. The average Bonchev–Trinajstić information content (AvgIpc) is 3.04. The summed E-state index contributed by atoms with van der Waals surface area (Å²) in [6.07, 6.45) is 1.41. The van der Waals surface area contributed by atoms with E-state index in [1.807, 2.05) is 31.2 Å². The molecule has 3 rings (SSSR count). The first-order valence-electron chi connectivity index (χ1n) is 7.81. The number of nitrogens with one attached hydrogen (secondary N) is 1. The van der Waals surface area contributed by atoms with Crippen molar-refractivity contribution < 1.29 is 4.79 Å². The molecule has 1 unspecified atom stereocenters. The van der Waals surface area contributed by atoms with Crippen LogP contribution in [0.5, 0.6) is 0 Å². The maximum absolute atomic E-state index is 12.6. The van der Waals surface area contributed by atoms with E-state index in [0.717, 1.165) is 10.1 Å². The molecule has 2 heterocycles. The summed E-state index contributed by atoms with van der Waals surface area (Å²) in [5.41, 5.74) is 1.30. The molecule has 0 radical (unpaired) electrons. The van der Waals surface area contributed by atoms with Gasteiger partial charge in [0, 0.05) is 19.8 Å². The van der Waals surface area contributed by atoms with Gasteiger partial charge in [-0.05, 0) is 26.0 Å². The van der Waals surface area contributed by atoms with Crippen LogP contribution in [0.3, 0.4) is 0 Å². The quantitative estimate of drug-likeness (QED) is 0.768. The highest BCUT2D eigenvalue weighted by atomic mass is 16.2. The van der Waals surface area contributed by atoms with Crippen LogP contribution in [0.25, 0.3) is 11.2 Å². The van der Waals surface area contributed by atoms with Crippen molar-refractivity contribution in [3.8, 4) is 0 Å². The van der Waals surface area contributed by atoms with Crippen LogP contribution in [0.4, 0.5) is 5.69 Å². The Morgan fingerprint density at radius 2 is 1.76 bits per heavy atom. The van der Waals surface area contributed by atoms with Crippen LogP contribution in [-0.2, 0) is 18.9 Å². The molecule has 8 heteroatoms. The molecule has 8 nitrogen and oxygen atoms in total. The van der Waals surface area contributed by atoms with Crippen LogP contribution in [0.1, 0.15) is 18.5 Å². The van der Waals surface area contributed by atoms with Crippen LogP contribution in [0.2, 0.25) is 0 Å². The number of amides is 1. The zero-order valence-corrected chi connectivity index (χ0v) is 14.5. The molecule has 3 aromatic rings. The van der Waals surface area contributed by atoms with Gasteiger partial charge in [-0.1, -0.05) is 17.7 Å². The number of aromatic nitrogens is 4. The summed E-state index contributed by atoms with van der Waals surface area (Å²) in [5.74, 6) is -0.279. The van der Waals surface area contributed by atoms with Gasteiger partial charge >= 0.3 is 5.69 Å². The van der Waals surface area contributed by atoms with E-state index in [0.29, 0.717) is 5.69 Å². The molecular formula is C17H19N5O3. The lowest BCUT2D eigenvalue weighted by Crippen LogP contribution is -2.38. The Bertz CT molecular complexity index is 1070. The van der Waals surface area contributed by atoms with E-state index in [1.165, 1.54) is 22.5 Å². The number of hydrogen-bond acceptors (Lipinski definition) is 4. The van der Waals surface area contributed by atoms with E-state index in [9.17, 15) is 14.4 Å². The van der Waals surface area contributed by atoms with Crippen LogP contribution in [0.15, 0.2) is 40.2 Å². The molecule has 1 atom stereocenters. The lowest BCUT2D eigenvalue weighted by Gasteiger charge is -2.15. The van der Waals surface area contributed by atoms with Crippen molar-refractivity contribution in [2.75, 3.05) is 5.32 Å². The maximum atomic E-state index is 12.6. The number of nitrogens with zero attached hydrogens (tertiary/aromatic N) is 4. The zero-order chi connectivity index (χ0) is 18.3. The van der Waals surface area contributed by atoms with Crippen molar-refractivity contribution in [1.29, 1.82) is 0 Å². The van der Waals surface area contributed by atoms with Crippen molar-refractivity contribution in [3.05, 3.63) is 57.0 Å². The van der Waals surface area contributed by atoms with Gasteiger partial charge in [-0.25, -0.2) is 9.78 Å². The zero-order valence-electron chi connectivity index (χ0n) is 14.5. The third-order valence-corrected chi connectivity index (χ3v) is 4.29. The van der Waals surface area contributed by atoms with Crippen molar-refractivity contribution in [3.63, 3.8) is 0 Å². The van der Waals surface area contributed by atoms with Gasteiger partial charge < -0.3 is 9.88 Å². The molecule has 0 saturated heterocycles. The summed E-state index contributed by atoms with van der Waals surface area (Å²) in [6.45, 7) is 3.64. The number of anilines is 1. The minimum absolute atomic E-state index is 0.219. The normalized spacial score (nSPS) is 12.3. The number of carbonyl (C=O) groups excluding carboxylic acids is 1. The van der Waals surface area contributed by atoms with Crippen LogP contribution < -0.4 is 16.6 Å². The molecule has 0 aliphatic carbocycles. The molecule has 0 fully saturated rings. The lowest BCUT2D eigenvalue weighted by atomic mass is 10.2. The third kappa shape index (κ3) is 2.75. The van der Waals surface area contributed by atoms with Gasteiger partial charge in [-0.15, -0.1) is 0 Å².